The maximum absolute atomic E-state index is 14.4. The molecule has 0 saturated carbocycles. The second-order valence-electron chi connectivity index (χ2n) is 6.48. The van der Waals surface area contributed by atoms with Crippen molar-refractivity contribution in [1.29, 1.82) is 0 Å². The maximum Gasteiger partial charge on any atom is 0.223 e. The van der Waals surface area contributed by atoms with E-state index in [1.807, 2.05) is 0 Å². The van der Waals surface area contributed by atoms with Crippen LogP contribution in [-0.2, 0) is 0 Å². The van der Waals surface area contributed by atoms with E-state index in [0.717, 1.165) is 32.1 Å². The normalized spacial score (nSPS) is 18.0. The zero-order chi connectivity index (χ0) is 18.8. The van der Waals surface area contributed by atoms with Crippen LogP contribution in [0.1, 0.15) is 12.8 Å². The van der Waals surface area contributed by atoms with Gasteiger partial charge in [-0.05, 0) is 37.3 Å². The Hall–Kier alpha value is -2.32. The third-order valence-corrected chi connectivity index (χ3v) is 5.50. The van der Waals surface area contributed by atoms with Crippen LogP contribution in [0.4, 0.5) is 14.7 Å². The Morgan fingerprint density at radius 3 is 2.96 bits per heavy atom. The number of nitrogens with one attached hydrogen (secondary N) is 1. The van der Waals surface area contributed by atoms with Crippen LogP contribution in [-0.4, -0.2) is 44.6 Å². The summed E-state index contributed by atoms with van der Waals surface area (Å²) in [5.41, 5.74) is 0.702. The molecule has 3 heterocycles. The van der Waals surface area contributed by atoms with E-state index in [0.29, 0.717) is 16.9 Å². The molecule has 0 spiro atoms. The summed E-state index contributed by atoms with van der Waals surface area (Å²) in [4.78, 5) is 12.4. The molecule has 1 unspecified atom stereocenters. The van der Waals surface area contributed by atoms with Crippen molar-refractivity contribution in [3.05, 3.63) is 48.3 Å². The fourth-order valence-corrected chi connectivity index (χ4v) is 3.97. The van der Waals surface area contributed by atoms with Gasteiger partial charge in [-0.1, -0.05) is 18.0 Å². The molecule has 1 aliphatic rings. The molecule has 0 amide bonds. The third kappa shape index (κ3) is 3.86. The summed E-state index contributed by atoms with van der Waals surface area (Å²) >= 11 is 1.71. The average molecular weight is 387 g/mol. The average Bonchev–Trinajstić information content (AvgIpc) is 2.69. The van der Waals surface area contributed by atoms with Crippen molar-refractivity contribution in [1.82, 2.24) is 19.3 Å². The molecule has 0 aliphatic carbocycles. The molecule has 8 heteroatoms. The first kappa shape index (κ1) is 18.1. The lowest BCUT2D eigenvalue weighted by molar-refractivity contribution is 0.356. The molecule has 140 valence electrons. The van der Waals surface area contributed by atoms with Gasteiger partial charge in [-0.2, -0.15) is 0 Å². The van der Waals surface area contributed by atoms with Gasteiger partial charge in [-0.3, -0.25) is 4.98 Å². The minimum atomic E-state index is -0.586. The number of fused-ring (bicyclic) bond motifs is 1. The fraction of sp³-hybridized carbons (Fsp3) is 0.316. The van der Waals surface area contributed by atoms with Gasteiger partial charge < -0.3 is 5.32 Å². The van der Waals surface area contributed by atoms with E-state index in [1.165, 1.54) is 12.3 Å². The topological polar surface area (TPSA) is 53.9 Å². The van der Waals surface area contributed by atoms with Crippen molar-refractivity contribution in [2.75, 3.05) is 24.7 Å². The van der Waals surface area contributed by atoms with Crippen LogP contribution in [0.15, 0.2) is 36.7 Å². The number of nitrogens with zero attached hydrogens (tertiary/aromatic N) is 4. The number of benzene rings is 1. The van der Waals surface area contributed by atoms with Crippen LogP contribution in [0.3, 0.4) is 0 Å². The molecular formula is C19H19F2N5S. The Labute approximate surface area is 160 Å². The smallest absolute Gasteiger partial charge is 0.223 e. The summed E-state index contributed by atoms with van der Waals surface area (Å²) < 4.78 is 31.0. The third-order valence-electron chi connectivity index (χ3n) is 4.65. The number of rotatable bonds is 4. The number of halogens is 2. The molecule has 2 aromatic heterocycles. The van der Waals surface area contributed by atoms with E-state index in [4.69, 9.17) is 0 Å². The van der Waals surface area contributed by atoms with Gasteiger partial charge in [0.2, 0.25) is 5.95 Å². The van der Waals surface area contributed by atoms with Gasteiger partial charge in [0.1, 0.15) is 17.0 Å². The summed E-state index contributed by atoms with van der Waals surface area (Å²) in [6.45, 7) is 1.92. The quantitative estimate of drug-likeness (QED) is 0.680. The second-order valence-corrected chi connectivity index (χ2v) is 7.36. The molecule has 27 heavy (non-hydrogen) atoms. The van der Waals surface area contributed by atoms with E-state index in [2.05, 4.69) is 30.8 Å². The standard InChI is InChI=1S/C19H19F2N5S/c1-27-26-7-3-5-14(11-26)24-19-23-10-16(21)18(25-19)13-8-12-4-2-6-22-17(12)15(20)9-13/h2,4,6,8-10,14H,3,5,7,11H2,1H3,(H,23,24,25). The number of anilines is 1. The lowest BCUT2D eigenvalue weighted by Crippen LogP contribution is -2.38. The molecular weight excluding hydrogens is 368 g/mol. The molecule has 0 bridgehead atoms. The van der Waals surface area contributed by atoms with Gasteiger partial charge in [0.15, 0.2) is 5.82 Å². The first-order chi connectivity index (χ1) is 13.1. The number of hydrogen-bond acceptors (Lipinski definition) is 6. The SMILES string of the molecule is CSN1CCCC(Nc2ncc(F)c(-c3cc(F)c4ncccc4c3)n2)C1. The summed E-state index contributed by atoms with van der Waals surface area (Å²) in [6, 6.07) is 6.61. The van der Waals surface area contributed by atoms with Crippen molar-refractivity contribution in [2.24, 2.45) is 0 Å². The van der Waals surface area contributed by atoms with Crippen LogP contribution < -0.4 is 5.32 Å². The van der Waals surface area contributed by atoms with Crippen molar-refractivity contribution in [2.45, 2.75) is 18.9 Å². The van der Waals surface area contributed by atoms with E-state index >= 15 is 0 Å². The Kier molecular flexibility index (Phi) is 5.18. The maximum atomic E-state index is 14.4. The fourth-order valence-electron chi connectivity index (χ4n) is 3.33. The van der Waals surface area contributed by atoms with E-state index in [9.17, 15) is 8.78 Å². The number of piperidine rings is 1. The first-order valence-electron chi connectivity index (χ1n) is 8.77. The van der Waals surface area contributed by atoms with E-state index in [1.54, 1.807) is 30.1 Å². The van der Waals surface area contributed by atoms with Gasteiger partial charge >= 0.3 is 0 Å². The van der Waals surface area contributed by atoms with Gasteiger partial charge in [-0.15, -0.1) is 0 Å². The highest BCUT2D eigenvalue weighted by Crippen LogP contribution is 2.27. The van der Waals surface area contributed by atoms with Crippen molar-refractivity contribution in [3.63, 3.8) is 0 Å². The highest BCUT2D eigenvalue weighted by molar-refractivity contribution is 7.96. The van der Waals surface area contributed by atoms with Gasteiger partial charge in [0.25, 0.3) is 0 Å². The molecule has 3 aromatic rings. The van der Waals surface area contributed by atoms with Crippen LogP contribution in [0, 0.1) is 11.6 Å². The van der Waals surface area contributed by atoms with Crippen LogP contribution in [0.25, 0.3) is 22.2 Å². The molecule has 1 aromatic carbocycles. The van der Waals surface area contributed by atoms with Gasteiger partial charge in [0, 0.05) is 36.3 Å². The zero-order valence-electron chi connectivity index (χ0n) is 14.8. The van der Waals surface area contributed by atoms with Gasteiger partial charge in [0.05, 0.1) is 6.20 Å². The lowest BCUT2D eigenvalue weighted by atomic mass is 10.1. The Morgan fingerprint density at radius 1 is 1.22 bits per heavy atom. The minimum Gasteiger partial charge on any atom is -0.350 e. The highest BCUT2D eigenvalue weighted by Gasteiger charge is 2.21. The van der Waals surface area contributed by atoms with Gasteiger partial charge in [-0.25, -0.2) is 23.1 Å². The largest absolute Gasteiger partial charge is 0.350 e. The predicted octanol–water partition coefficient (Wildman–Crippen LogP) is 4.12. The van der Waals surface area contributed by atoms with E-state index in [-0.39, 0.29) is 17.3 Å². The molecule has 1 fully saturated rings. The first-order valence-corrected chi connectivity index (χ1v) is 9.95. The van der Waals surface area contributed by atoms with Crippen molar-refractivity contribution < 1.29 is 8.78 Å². The predicted molar refractivity (Wildman–Crippen MR) is 104 cm³/mol. The number of hydrogen-bond donors (Lipinski definition) is 1. The van der Waals surface area contributed by atoms with Crippen LogP contribution in [0.5, 0.6) is 0 Å². The molecule has 0 radical (unpaired) electrons. The number of aromatic nitrogens is 3. The summed E-state index contributed by atoms with van der Waals surface area (Å²) in [5.74, 6) is -0.734. The zero-order valence-corrected chi connectivity index (χ0v) is 15.6. The van der Waals surface area contributed by atoms with Crippen molar-refractivity contribution in [3.8, 4) is 11.3 Å². The highest BCUT2D eigenvalue weighted by atomic mass is 32.2. The van der Waals surface area contributed by atoms with Crippen LogP contribution in [0.2, 0.25) is 0 Å². The monoisotopic (exact) mass is 387 g/mol. The minimum absolute atomic E-state index is 0.0784. The summed E-state index contributed by atoms with van der Waals surface area (Å²) in [6.07, 6.45) is 6.79. The molecule has 1 N–H and O–H groups in total. The molecule has 5 nitrogen and oxygen atoms in total. The Morgan fingerprint density at radius 2 is 2.11 bits per heavy atom. The second kappa shape index (κ2) is 7.74. The molecule has 1 aliphatic heterocycles. The molecule has 1 atom stereocenters. The van der Waals surface area contributed by atoms with Crippen LogP contribution >= 0.6 is 11.9 Å². The lowest BCUT2D eigenvalue weighted by Gasteiger charge is -2.31. The Bertz CT molecular complexity index is 968. The molecule has 4 rings (SSSR count). The molecule has 1 saturated heterocycles. The van der Waals surface area contributed by atoms with Crippen molar-refractivity contribution >= 4 is 28.8 Å². The summed E-state index contributed by atoms with van der Waals surface area (Å²) in [5, 5.41) is 3.88. The van der Waals surface area contributed by atoms with E-state index < -0.39 is 11.6 Å². The number of pyridine rings is 1. The summed E-state index contributed by atoms with van der Waals surface area (Å²) in [7, 11) is 0. The Balaban J connectivity index is 1.65.